The van der Waals surface area contributed by atoms with Crippen molar-refractivity contribution in [2.45, 2.75) is 11.0 Å². The lowest BCUT2D eigenvalue weighted by Crippen LogP contribution is -2.48. The van der Waals surface area contributed by atoms with Crippen LogP contribution in [-0.2, 0) is 14.8 Å². The molecule has 1 aliphatic heterocycles. The molecule has 0 aliphatic carbocycles. The zero-order chi connectivity index (χ0) is 15.6. The summed E-state index contributed by atoms with van der Waals surface area (Å²) >= 11 is 0. The van der Waals surface area contributed by atoms with Crippen LogP contribution in [0.4, 0.5) is 5.69 Å². The molecule has 2 rings (SSSR count). The molecule has 9 nitrogen and oxygen atoms in total. The SMILES string of the molecule is NCC1CN(S(=O)(=O)c2ccc(O)c([N+](=O)[O-])c2)CCO1. The van der Waals surface area contributed by atoms with E-state index in [0.717, 1.165) is 18.2 Å². The number of nitrogens with two attached hydrogens (primary N) is 1. The summed E-state index contributed by atoms with van der Waals surface area (Å²) in [5, 5.41) is 20.2. The lowest BCUT2D eigenvalue weighted by atomic mass is 10.3. The second-order valence-electron chi connectivity index (χ2n) is 4.50. The summed E-state index contributed by atoms with van der Waals surface area (Å²) in [7, 11) is -3.90. The van der Waals surface area contributed by atoms with Crippen molar-refractivity contribution in [1.29, 1.82) is 0 Å². The Labute approximate surface area is 121 Å². The predicted molar refractivity (Wildman–Crippen MR) is 72.3 cm³/mol. The van der Waals surface area contributed by atoms with Crippen molar-refractivity contribution in [3.8, 4) is 5.75 Å². The van der Waals surface area contributed by atoms with Gasteiger partial charge in [-0.1, -0.05) is 0 Å². The largest absolute Gasteiger partial charge is 0.502 e. The second kappa shape index (κ2) is 5.93. The molecule has 116 valence electrons. The lowest BCUT2D eigenvalue weighted by Gasteiger charge is -2.31. The third-order valence-corrected chi connectivity index (χ3v) is 5.01. The van der Waals surface area contributed by atoms with Gasteiger partial charge in [0.1, 0.15) is 0 Å². The fourth-order valence-corrected chi connectivity index (χ4v) is 3.49. The van der Waals surface area contributed by atoms with Crippen LogP contribution >= 0.6 is 0 Å². The highest BCUT2D eigenvalue weighted by atomic mass is 32.2. The van der Waals surface area contributed by atoms with Crippen LogP contribution in [0.15, 0.2) is 23.1 Å². The predicted octanol–water partition coefficient (Wildman–Crippen LogP) is -0.351. The number of aromatic hydroxyl groups is 1. The third kappa shape index (κ3) is 3.13. The van der Waals surface area contributed by atoms with Gasteiger partial charge in [-0.3, -0.25) is 10.1 Å². The normalized spacial score (nSPS) is 20.3. The van der Waals surface area contributed by atoms with Gasteiger partial charge in [-0.15, -0.1) is 0 Å². The first-order valence-electron chi connectivity index (χ1n) is 6.15. The van der Waals surface area contributed by atoms with E-state index in [-0.39, 0.29) is 31.1 Å². The fraction of sp³-hybridized carbons (Fsp3) is 0.455. The zero-order valence-corrected chi connectivity index (χ0v) is 11.8. The molecule has 0 amide bonds. The van der Waals surface area contributed by atoms with Crippen molar-refractivity contribution in [1.82, 2.24) is 4.31 Å². The van der Waals surface area contributed by atoms with Gasteiger partial charge in [-0.25, -0.2) is 8.42 Å². The maximum absolute atomic E-state index is 12.5. The van der Waals surface area contributed by atoms with E-state index in [9.17, 15) is 23.6 Å². The molecular weight excluding hydrogens is 302 g/mol. The number of sulfonamides is 1. The molecule has 0 saturated carbocycles. The van der Waals surface area contributed by atoms with Gasteiger partial charge < -0.3 is 15.6 Å². The first kappa shape index (κ1) is 15.6. The van der Waals surface area contributed by atoms with Gasteiger partial charge in [0.05, 0.1) is 22.5 Å². The monoisotopic (exact) mass is 317 g/mol. The summed E-state index contributed by atoms with van der Waals surface area (Å²) in [6.45, 7) is 0.629. The van der Waals surface area contributed by atoms with Crippen LogP contribution in [0, 0.1) is 10.1 Å². The van der Waals surface area contributed by atoms with E-state index in [4.69, 9.17) is 10.5 Å². The fourth-order valence-electron chi connectivity index (χ4n) is 2.01. The summed E-state index contributed by atoms with van der Waals surface area (Å²) in [5.41, 5.74) is 4.81. The molecular formula is C11H15N3O6S. The Kier molecular flexibility index (Phi) is 4.42. The molecule has 0 radical (unpaired) electrons. The number of nitro groups is 1. The Morgan fingerprint density at radius 2 is 2.24 bits per heavy atom. The molecule has 0 spiro atoms. The Morgan fingerprint density at radius 1 is 1.52 bits per heavy atom. The number of rotatable bonds is 4. The molecule has 1 aromatic rings. The van der Waals surface area contributed by atoms with Gasteiger partial charge >= 0.3 is 5.69 Å². The Hall–Kier alpha value is -1.75. The van der Waals surface area contributed by atoms with E-state index in [1.165, 1.54) is 4.31 Å². The van der Waals surface area contributed by atoms with E-state index < -0.39 is 32.5 Å². The van der Waals surface area contributed by atoms with E-state index in [2.05, 4.69) is 0 Å². The standard InChI is InChI=1S/C11H15N3O6S/c12-6-8-7-13(3-4-20-8)21(18,19)9-1-2-11(15)10(5-9)14(16)17/h1-2,5,8,15H,3-4,6-7,12H2. The van der Waals surface area contributed by atoms with Crippen LogP contribution in [0.2, 0.25) is 0 Å². The molecule has 10 heteroatoms. The average Bonchev–Trinajstić information content (AvgIpc) is 2.47. The minimum absolute atomic E-state index is 0.0908. The maximum atomic E-state index is 12.5. The Bertz CT molecular complexity index is 647. The molecule has 1 unspecified atom stereocenters. The van der Waals surface area contributed by atoms with Gasteiger partial charge in [-0.05, 0) is 12.1 Å². The number of ether oxygens (including phenoxy) is 1. The van der Waals surface area contributed by atoms with Crippen LogP contribution in [0.25, 0.3) is 0 Å². The average molecular weight is 317 g/mol. The number of phenolic OH excluding ortho intramolecular Hbond substituents is 1. The molecule has 0 aromatic heterocycles. The van der Waals surface area contributed by atoms with Crippen LogP contribution < -0.4 is 5.73 Å². The molecule has 1 fully saturated rings. The van der Waals surface area contributed by atoms with Crippen molar-refractivity contribution in [3.05, 3.63) is 28.3 Å². The quantitative estimate of drug-likeness (QED) is 0.572. The molecule has 1 heterocycles. The minimum Gasteiger partial charge on any atom is -0.502 e. The Balaban J connectivity index is 2.35. The number of nitro benzene ring substituents is 1. The van der Waals surface area contributed by atoms with Crippen molar-refractivity contribution in [3.63, 3.8) is 0 Å². The Morgan fingerprint density at radius 3 is 2.86 bits per heavy atom. The smallest absolute Gasteiger partial charge is 0.312 e. The van der Waals surface area contributed by atoms with Crippen LogP contribution in [0.3, 0.4) is 0 Å². The highest BCUT2D eigenvalue weighted by Gasteiger charge is 2.31. The van der Waals surface area contributed by atoms with Gasteiger partial charge in [0.15, 0.2) is 5.75 Å². The summed E-state index contributed by atoms with van der Waals surface area (Å²) in [4.78, 5) is 9.69. The van der Waals surface area contributed by atoms with Crippen molar-refractivity contribution in [2.75, 3.05) is 26.2 Å². The maximum Gasteiger partial charge on any atom is 0.312 e. The van der Waals surface area contributed by atoms with Gasteiger partial charge in [-0.2, -0.15) is 4.31 Å². The van der Waals surface area contributed by atoms with Crippen molar-refractivity contribution >= 4 is 15.7 Å². The van der Waals surface area contributed by atoms with Gasteiger partial charge in [0.25, 0.3) is 0 Å². The second-order valence-corrected chi connectivity index (χ2v) is 6.44. The van der Waals surface area contributed by atoms with Gasteiger partial charge in [0.2, 0.25) is 10.0 Å². The molecule has 3 N–H and O–H groups in total. The van der Waals surface area contributed by atoms with Crippen molar-refractivity contribution < 1.29 is 23.2 Å². The number of morpholine rings is 1. The lowest BCUT2D eigenvalue weighted by molar-refractivity contribution is -0.386. The first-order chi connectivity index (χ1) is 9.86. The summed E-state index contributed by atoms with van der Waals surface area (Å²) < 4.78 is 31.4. The number of phenols is 1. The van der Waals surface area contributed by atoms with Crippen LogP contribution in [0.5, 0.6) is 5.75 Å². The van der Waals surface area contributed by atoms with E-state index in [0.29, 0.717) is 0 Å². The molecule has 21 heavy (non-hydrogen) atoms. The molecule has 1 aromatic carbocycles. The topological polar surface area (TPSA) is 136 Å². The van der Waals surface area contributed by atoms with E-state index in [1.807, 2.05) is 0 Å². The van der Waals surface area contributed by atoms with Crippen LogP contribution in [0.1, 0.15) is 0 Å². The highest BCUT2D eigenvalue weighted by molar-refractivity contribution is 7.89. The van der Waals surface area contributed by atoms with Gasteiger partial charge in [0, 0.05) is 25.7 Å². The first-order valence-corrected chi connectivity index (χ1v) is 7.59. The number of nitrogens with zero attached hydrogens (tertiary/aromatic N) is 2. The minimum atomic E-state index is -3.90. The molecule has 1 aliphatic rings. The molecule has 1 atom stereocenters. The third-order valence-electron chi connectivity index (χ3n) is 3.15. The number of benzene rings is 1. The number of hydrogen-bond acceptors (Lipinski definition) is 7. The number of hydrogen-bond donors (Lipinski definition) is 2. The van der Waals surface area contributed by atoms with E-state index >= 15 is 0 Å². The van der Waals surface area contributed by atoms with Crippen molar-refractivity contribution in [2.24, 2.45) is 5.73 Å². The summed E-state index contributed by atoms with van der Waals surface area (Å²) in [5.74, 6) is -0.583. The molecule has 0 bridgehead atoms. The zero-order valence-electron chi connectivity index (χ0n) is 11.0. The molecule has 1 saturated heterocycles. The highest BCUT2D eigenvalue weighted by Crippen LogP contribution is 2.30. The summed E-state index contributed by atoms with van der Waals surface area (Å²) in [6, 6.07) is 2.97. The summed E-state index contributed by atoms with van der Waals surface area (Å²) in [6.07, 6.45) is -0.402. The van der Waals surface area contributed by atoms with Crippen LogP contribution in [-0.4, -0.2) is 55.1 Å². The van der Waals surface area contributed by atoms with E-state index in [1.54, 1.807) is 0 Å².